The molecule has 0 aliphatic rings. The quantitative estimate of drug-likeness (QED) is 0.319. The van der Waals surface area contributed by atoms with E-state index < -0.39 is 12.2 Å². The molecule has 0 fully saturated rings. The van der Waals surface area contributed by atoms with Crippen LogP contribution in [0.1, 0.15) is 23.6 Å². The molecule has 0 aliphatic heterocycles. The molecule has 0 unspecified atom stereocenters. The molecule has 5 rings (SSSR count). The fraction of sp³-hybridized carbons (Fsp3) is 0.154. The Hall–Kier alpha value is -4.47. The maximum Gasteiger partial charge on any atom is 0.280 e. The van der Waals surface area contributed by atoms with Gasteiger partial charge >= 0.3 is 0 Å². The zero-order valence-electron chi connectivity index (χ0n) is 19.5. The molecular formula is C26H22F3N7. The minimum atomic E-state index is -2.76. The second-order valence-electron chi connectivity index (χ2n) is 8.31. The highest BCUT2D eigenvalue weighted by Gasteiger charge is 2.21. The Balaban J connectivity index is 1.66. The van der Waals surface area contributed by atoms with Gasteiger partial charge in [-0.1, -0.05) is 12.1 Å². The molecule has 0 bridgehead atoms. The number of pyridine rings is 1. The summed E-state index contributed by atoms with van der Waals surface area (Å²) in [6.45, 7) is 1.92. The van der Waals surface area contributed by atoms with E-state index in [0.29, 0.717) is 33.9 Å². The van der Waals surface area contributed by atoms with Crippen LogP contribution in [0.5, 0.6) is 0 Å². The van der Waals surface area contributed by atoms with Crippen LogP contribution in [0.15, 0.2) is 60.7 Å². The predicted molar refractivity (Wildman–Crippen MR) is 133 cm³/mol. The van der Waals surface area contributed by atoms with Gasteiger partial charge in [0, 0.05) is 18.3 Å². The molecule has 2 aromatic carbocycles. The van der Waals surface area contributed by atoms with E-state index in [1.807, 2.05) is 35.9 Å². The van der Waals surface area contributed by atoms with Crippen molar-refractivity contribution in [1.82, 2.24) is 24.5 Å². The third kappa shape index (κ3) is 4.45. The minimum Gasteiger partial charge on any atom is -0.368 e. The van der Waals surface area contributed by atoms with Gasteiger partial charge in [-0.25, -0.2) is 23.1 Å². The van der Waals surface area contributed by atoms with Gasteiger partial charge in [-0.05, 0) is 61.0 Å². The summed E-state index contributed by atoms with van der Waals surface area (Å²) in [5.74, 6) is 0.634. The summed E-state index contributed by atoms with van der Waals surface area (Å²) >= 11 is 0. The van der Waals surface area contributed by atoms with Crippen LogP contribution in [0.25, 0.3) is 33.4 Å². The number of benzene rings is 2. The largest absolute Gasteiger partial charge is 0.368 e. The highest BCUT2D eigenvalue weighted by Crippen LogP contribution is 2.38. The first-order chi connectivity index (χ1) is 17.3. The molecule has 3 N–H and O–H groups in total. The van der Waals surface area contributed by atoms with Gasteiger partial charge in [0.15, 0.2) is 0 Å². The molecule has 0 atom stereocenters. The summed E-state index contributed by atoms with van der Waals surface area (Å²) in [7, 11) is 1.91. The van der Waals surface area contributed by atoms with Gasteiger partial charge in [0.05, 0.1) is 28.8 Å². The third-order valence-electron chi connectivity index (χ3n) is 5.82. The normalized spacial score (nSPS) is 11.4. The van der Waals surface area contributed by atoms with Gasteiger partial charge in [-0.2, -0.15) is 4.98 Å². The average molecular weight is 490 g/mol. The van der Waals surface area contributed by atoms with E-state index in [9.17, 15) is 13.2 Å². The van der Waals surface area contributed by atoms with Crippen molar-refractivity contribution in [1.29, 1.82) is 0 Å². The first-order valence-corrected chi connectivity index (χ1v) is 11.1. The van der Waals surface area contributed by atoms with Crippen LogP contribution in [-0.4, -0.2) is 24.5 Å². The Morgan fingerprint density at radius 3 is 2.42 bits per heavy atom. The summed E-state index contributed by atoms with van der Waals surface area (Å²) in [6.07, 6.45) is -2.76. The summed E-state index contributed by atoms with van der Waals surface area (Å²) in [5, 5.41) is 3.26. The third-order valence-corrected chi connectivity index (χ3v) is 5.82. The molecule has 5 aromatic rings. The summed E-state index contributed by atoms with van der Waals surface area (Å²) in [5.41, 5.74) is 9.72. The van der Waals surface area contributed by atoms with E-state index in [1.54, 1.807) is 25.1 Å². The second kappa shape index (κ2) is 9.29. The number of aromatic nitrogens is 5. The molecule has 0 saturated carbocycles. The van der Waals surface area contributed by atoms with Crippen LogP contribution in [-0.2, 0) is 13.6 Å². The number of rotatable bonds is 6. The highest BCUT2D eigenvalue weighted by molar-refractivity contribution is 5.89. The number of imidazole rings is 1. The number of aryl methyl sites for hydroxylation is 2. The predicted octanol–water partition coefficient (Wildman–Crippen LogP) is 5.67. The van der Waals surface area contributed by atoms with Gasteiger partial charge in [0.1, 0.15) is 23.2 Å². The number of hydrogen-bond acceptors (Lipinski definition) is 6. The number of hydrogen-bond donors (Lipinski definition) is 2. The van der Waals surface area contributed by atoms with Crippen molar-refractivity contribution in [3.05, 3.63) is 83.7 Å². The molecule has 0 saturated heterocycles. The summed E-state index contributed by atoms with van der Waals surface area (Å²) in [6, 6.07) is 16.4. The monoisotopic (exact) mass is 489 g/mol. The smallest absolute Gasteiger partial charge is 0.280 e. The molecule has 0 amide bonds. The van der Waals surface area contributed by atoms with Gasteiger partial charge in [-0.3, -0.25) is 4.98 Å². The molecule has 10 heteroatoms. The number of nitrogens with zero attached hydrogens (tertiary/aromatic N) is 5. The number of nitrogen functional groups attached to an aromatic ring is 1. The van der Waals surface area contributed by atoms with Crippen molar-refractivity contribution in [2.75, 3.05) is 11.1 Å². The standard InChI is InChI=1S/C26H22F3N7/c1-14-11-16(12-19(32-14)24(28)29)22-23(15-7-9-17(27)10-8-15)34-26(30)35-25(22)31-13-21-33-18-5-3-4-6-20(18)36(21)2/h3-12,24H,13H2,1-2H3,(H3,30,31,34,35). The lowest BCUT2D eigenvalue weighted by atomic mass is 9.98. The van der Waals surface area contributed by atoms with Crippen LogP contribution in [0, 0.1) is 12.7 Å². The number of nitrogens with one attached hydrogen (secondary N) is 1. The molecular weight excluding hydrogens is 467 g/mol. The SMILES string of the molecule is Cc1cc(-c2c(NCc3nc4ccccc4n3C)nc(N)nc2-c2ccc(F)cc2)cc(C(F)F)n1. The number of fused-ring (bicyclic) bond motifs is 1. The van der Waals surface area contributed by atoms with Crippen LogP contribution < -0.4 is 11.1 Å². The van der Waals surface area contributed by atoms with E-state index in [-0.39, 0.29) is 18.2 Å². The van der Waals surface area contributed by atoms with E-state index in [4.69, 9.17) is 5.73 Å². The van der Waals surface area contributed by atoms with E-state index in [0.717, 1.165) is 16.9 Å². The van der Waals surface area contributed by atoms with Crippen molar-refractivity contribution < 1.29 is 13.2 Å². The van der Waals surface area contributed by atoms with Crippen molar-refractivity contribution in [3.8, 4) is 22.4 Å². The molecule has 0 spiro atoms. The maximum absolute atomic E-state index is 13.6. The minimum absolute atomic E-state index is 0.0227. The highest BCUT2D eigenvalue weighted by atomic mass is 19.3. The molecule has 3 aromatic heterocycles. The zero-order chi connectivity index (χ0) is 25.4. The summed E-state index contributed by atoms with van der Waals surface area (Å²) < 4.78 is 42.8. The molecule has 182 valence electrons. The van der Waals surface area contributed by atoms with E-state index in [1.165, 1.54) is 18.2 Å². The number of nitrogens with two attached hydrogens (primary N) is 1. The summed E-state index contributed by atoms with van der Waals surface area (Å²) in [4.78, 5) is 17.4. The number of alkyl halides is 2. The lowest BCUT2D eigenvalue weighted by Gasteiger charge is -2.17. The molecule has 36 heavy (non-hydrogen) atoms. The Morgan fingerprint density at radius 2 is 1.69 bits per heavy atom. The van der Waals surface area contributed by atoms with Crippen LogP contribution in [0.2, 0.25) is 0 Å². The fourth-order valence-electron chi connectivity index (χ4n) is 4.16. The Bertz CT molecular complexity index is 1560. The Kier molecular flexibility index (Phi) is 6.01. The first kappa shape index (κ1) is 23.3. The zero-order valence-corrected chi connectivity index (χ0v) is 19.5. The lowest BCUT2D eigenvalue weighted by molar-refractivity contribution is 0.146. The van der Waals surface area contributed by atoms with E-state index >= 15 is 0 Å². The molecule has 0 aliphatic carbocycles. The topological polar surface area (TPSA) is 94.5 Å². The molecule has 7 nitrogen and oxygen atoms in total. The van der Waals surface area contributed by atoms with Gasteiger partial charge in [-0.15, -0.1) is 0 Å². The van der Waals surface area contributed by atoms with E-state index in [2.05, 4.69) is 25.3 Å². The first-order valence-electron chi connectivity index (χ1n) is 11.1. The van der Waals surface area contributed by atoms with Crippen molar-refractivity contribution in [3.63, 3.8) is 0 Å². The van der Waals surface area contributed by atoms with Crippen LogP contribution in [0.4, 0.5) is 24.9 Å². The Morgan fingerprint density at radius 1 is 0.944 bits per heavy atom. The Labute approximate surface area is 204 Å². The lowest BCUT2D eigenvalue weighted by Crippen LogP contribution is -2.11. The van der Waals surface area contributed by atoms with Crippen LogP contribution >= 0.6 is 0 Å². The van der Waals surface area contributed by atoms with Crippen molar-refractivity contribution >= 4 is 22.8 Å². The molecule has 0 radical (unpaired) electrons. The van der Waals surface area contributed by atoms with Crippen molar-refractivity contribution in [2.24, 2.45) is 7.05 Å². The number of para-hydroxylation sites is 2. The van der Waals surface area contributed by atoms with Crippen molar-refractivity contribution in [2.45, 2.75) is 19.9 Å². The van der Waals surface area contributed by atoms with Gasteiger partial charge in [0.2, 0.25) is 5.95 Å². The molecule has 3 heterocycles. The maximum atomic E-state index is 13.6. The van der Waals surface area contributed by atoms with Crippen LogP contribution in [0.3, 0.4) is 0 Å². The van der Waals surface area contributed by atoms with Gasteiger partial charge < -0.3 is 15.6 Å². The second-order valence-corrected chi connectivity index (χ2v) is 8.31. The van der Waals surface area contributed by atoms with Gasteiger partial charge in [0.25, 0.3) is 6.43 Å². The fourth-order valence-corrected chi connectivity index (χ4v) is 4.16. The number of anilines is 2. The average Bonchev–Trinajstić information content (AvgIpc) is 3.18. The number of halogens is 3.